The number of nitrogens with zero attached hydrogens (tertiary/aromatic N) is 4. The molecule has 2 aromatic heterocycles. The van der Waals surface area contributed by atoms with Gasteiger partial charge in [-0.15, -0.1) is 0 Å². The quantitative estimate of drug-likeness (QED) is 0.244. The zero-order valence-electron chi connectivity index (χ0n) is 14.1. The number of rotatable bonds is 6. The van der Waals surface area contributed by atoms with Crippen LogP contribution in [0.3, 0.4) is 0 Å². The molecule has 1 fully saturated rings. The number of anilines is 1. The molecule has 28 heavy (non-hydrogen) atoms. The Balaban J connectivity index is 0.00000280. The molecule has 0 spiro atoms. The first-order valence-electron chi connectivity index (χ1n) is 7.45. The van der Waals surface area contributed by atoms with Crippen molar-refractivity contribution in [2.75, 3.05) is 12.3 Å². The molecule has 0 radical (unpaired) electrons. The first-order chi connectivity index (χ1) is 12.6. The van der Waals surface area contributed by atoms with Crippen molar-refractivity contribution in [3.63, 3.8) is 0 Å². The van der Waals surface area contributed by atoms with Gasteiger partial charge in [0.05, 0.1) is 12.9 Å². The highest BCUT2D eigenvalue weighted by molar-refractivity contribution is 7.53. The van der Waals surface area contributed by atoms with Gasteiger partial charge in [-0.25, -0.2) is 19.7 Å². The Kier molecular flexibility index (Phi) is 6.32. The summed E-state index contributed by atoms with van der Waals surface area (Å²) in [5, 5.41) is 29.2. The fourth-order valence-corrected chi connectivity index (χ4v) is 3.22. The number of hydrogen-bond donors (Lipinski definition) is 7. The molecule has 156 valence electrons. The van der Waals surface area contributed by atoms with Crippen LogP contribution in [-0.2, 0) is 18.8 Å². The second-order valence-electron chi connectivity index (χ2n) is 5.74. The maximum absolute atomic E-state index is 11.2. The molecular weight excluding hydrogens is 403 g/mol. The van der Waals surface area contributed by atoms with Gasteiger partial charge in [-0.1, -0.05) is 0 Å². The fourth-order valence-electron chi connectivity index (χ4n) is 2.65. The number of aromatic nitrogens is 4. The van der Waals surface area contributed by atoms with Gasteiger partial charge in [0, 0.05) is 0 Å². The van der Waals surface area contributed by atoms with Gasteiger partial charge in [0.15, 0.2) is 17.7 Å². The zero-order valence-corrected chi connectivity index (χ0v) is 15.0. The SMILES string of the molecule is N.Nc1ncnc2c1ncn2[C@@H]1O[C@H](COC(C(=O)O)P(=O)(O)O)[C@@H](O)[C@H]1O. The van der Waals surface area contributed by atoms with E-state index >= 15 is 0 Å². The lowest BCUT2D eigenvalue weighted by Gasteiger charge is -2.19. The van der Waals surface area contributed by atoms with Crippen LogP contribution in [0.15, 0.2) is 12.7 Å². The van der Waals surface area contributed by atoms with E-state index in [-0.39, 0.29) is 23.1 Å². The van der Waals surface area contributed by atoms with Gasteiger partial charge in [0.25, 0.3) is 5.85 Å². The van der Waals surface area contributed by atoms with Crippen LogP contribution in [-0.4, -0.2) is 81.4 Å². The molecule has 1 saturated heterocycles. The number of carboxylic acids is 1. The molecule has 3 rings (SSSR count). The standard InChI is InChI=1S/C12H16N5O9P.H3N/c13-8-5-9(15-2-14-8)17(3-16-5)10-7(19)6(18)4(26-10)1-25-12(11(20)21)27(22,23)24;/h2-4,6-7,10,12,18-19H,1H2,(H,20,21)(H2,13,14,15)(H2,22,23,24);1H3/t4-,6-,7-,10-,12?;/m1./s1. The van der Waals surface area contributed by atoms with Crippen molar-refractivity contribution in [2.24, 2.45) is 0 Å². The monoisotopic (exact) mass is 422 g/mol. The van der Waals surface area contributed by atoms with E-state index in [1.807, 2.05) is 0 Å². The predicted octanol–water partition coefficient (Wildman–Crippen LogP) is -2.21. The summed E-state index contributed by atoms with van der Waals surface area (Å²) >= 11 is 0. The van der Waals surface area contributed by atoms with Crippen LogP contribution in [0.2, 0.25) is 0 Å². The molecule has 10 N–H and O–H groups in total. The molecule has 1 aliphatic rings. The summed E-state index contributed by atoms with van der Waals surface area (Å²) in [5.41, 5.74) is 6.14. The van der Waals surface area contributed by atoms with Crippen molar-refractivity contribution in [1.29, 1.82) is 0 Å². The number of nitrogen functional groups attached to an aromatic ring is 1. The minimum atomic E-state index is -5.09. The summed E-state index contributed by atoms with van der Waals surface area (Å²) < 4.78 is 22.6. The Morgan fingerprint density at radius 3 is 2.61 bits per heavy atom. The summed E-state index contributed by atoms with van der Waals surface area (Å²) in [6, 6.07) is 0. The van der Waals surface area contributed by atoms with Crippen molar-refractivity contribution in [2.45, 2.75) is 30.4 Å². The maximum Gasteiger partial charge on any atom is 0.365 e. The van der Waals surface area contributed by atoms with E-state index < -0.39 is 50.6 Å². The Morgan fingerprint density at radius 1 is 1.32 bits per heavy atom. The second-order valence-corrected chi connectivity index (χ2v) is 7.39. The first-order valence-corrected chi connectivity index (χ1v) is 9.13. The minimum Gasteiger partial charge on any atom is -0.479 e. The van der Waals surface area contributed by atoms with Gasteiger partial charge < -0.3 is 46.5 Å². The minimum absolute atomic E-state index is 0. The van der Waals surface area contributed by atoms with Crippen LogP contribution < -0.4 is 11.9 Å². The van der Waals surface area contributed by atoms with E-state index in [0.29, 0.717) is 0 Å². The normalized spacial score (nSPS) is 26.1. The van der Waals surface area contributed by atoms with Crippen molar-refractivity contribution in [3.8, 4) is 0 Å². The van der Waals surface area contributed by atoms with Crippen molar-refractivity contribution in [1.82, 2.24) is 25.7 Å². The van der Waals surface area contributed by atoms with Crippen LogP contribution in [0.1, 0.15) is 6.23 Å². The Hall–Kier alpha value is -2.23. The molecule has 0 aliphatic carbocycles. The van der Waals surface area contributed by atoms with E-state index in [1.54, 1.807) is 0 Å². The van der Waals surface area contributed by atoms with E-state index in [4.69, 9.17) is 30.1 Å². The van der Waals surface area contributed by atoms with Crippen LogP contribution in [0.25, 0.3) is 11.2 Å². The van der Waals surface area contributed by atoms with Gasteiger partial charge in [-0.2, -0.15) is 0 Å². The number of aliphatic hydroxyl groups excluding tert-OH is 2. The predicted molar refractivity (Wildman–Crippen MR) is 90.1 cm³/mol. The number of imidazole rings is 1. The van der Waals surface area contributed by atoms with Crippen molar-refractivity contribution in [3.05, 3.63) is 12.7 Å². The van der Waals surface area contributed by atoms with Crippen LogP contribution in [0.5, 0.6) is 0 Å². The molecule has 1 unspecified atom stereocenters. The van der Waals surface area contributed by atoms with Gasteiger partial charge in [-0.3, -0.25) is 9.13 Å². The maximum atomic E-state index is 11.2. The van der Waals surface area contributed by atoms with Gasteiger partial charge in [0.2, 0.25) is 0 Å². The number of nitrogens with two attached hydrogens (primary N) is 1. The van der Waals surface area contributed by atoms with E-state index in [0.717, 1.165) is 0 Å². The lowest BCUT2D eigenvalue weighted by Crippen LogP contribution is -2.36. The summed E-state index contributed by atoms with van der Waals surface area (Å²) in [6.07, 6.45) is -3.02. The Bertz CT molecular complexity index is 903. The van der Waals surface area contributed by atoms with Crippen LogP contribution in [0, 0.1) is 0 Å². The van der Waals surface area contributed by atoms with Crippen LogP contribution >= 0.6 is 7.60 Å². The molecule has 0 aromatic carbocycles. The highest BCUT2D eigenvalue weighted by Crippen LogP contribution is 2.42. The smallest absolute Gasteiger partial charge is 0.365 e. The second kappa shape index (κ2) is 8.02. The third-order valence-electron chi connectivity index (χ3n) is 3.93. The van der Waals surface area contributed by atoms with Crippen LogP contribution in [0.4, 0.5) is 5.82 Å². The highest BCUT2D eigenvalue weighted by atomic mass is 31.2. The average molecular weight is 422 g/mol. The number of hydrogen-bond acceptors (Lipinski definition) is 11. The average Bonchev–Trinajstić information content (AvgIpc) is 3.11. The molecule has 2 aromatic rings. The number of ether oxygens (including phenoxy) is 2. The van der Waals surface area contributed by atoms with E-state index in [1.165, 1.54) is 17.2 Å². The molecule has 16 heteroatoms. The number of carbonyl (C=O) groups is 1. The van der Waals surface area contributed by atoms with Gasteiger partial charge in [0.1, 0.15) is 30.2 Å². The number of aliphatic hydroxyl groups is 2. The third kappa shape index (κ3) is 3.96. The van der Waals surface area contributed by atoms with Crippen molar-refractivity contribution >= 4 is 30.5 Å². The molecule has 0 saturated carbocycles. The molecular formula is C12H19N6O9P. The lowest BCUT2D eigenvalue weighted by molar-refractivity contribution is -0.149. The Labute approximate surface area is 156 Å². The highest BCUT2D eigenvalue weighted by Gasteiger charge is 2.46. The third-order valence-corrected chi connectivity index (χ3v) is 4.91. The molecule has 0 bridgehead atoms. The molecule has 1 aliphatic heterocycles. The molecule has 0 amide bonds. The van der Waals surface area contributed by atoms with E-state index in [2.05, 4.69) is 15.0 Å². The Morgan fingerprint density at radius 2 is 2.00 bits per heavy atom. The number of carboxylic acid groups (broad SMARTS) is 1. The fraction of sp³-hybridized carbons (Fsp3) is 0.500. The summed E-state index contributed by atoms with van der Waals surface area (Å²) in [5.74, 6) is -4.20. The van der Waals surface area contributed by atoms with Gasteiger partial charge in [-0.05, 0) is 0 Å². The number of fused-ring (bicyclic) bond motifs is 1. The summed E-state index contributed by atoms with van der Waals surface area (Å²) in [4.78, 5) is 40.7. The number of aliphatic carboxylic acids is 1. The van der Waals surface area contributed by atoms with E-state index in [9.17, 15) is 19.6 Å². The zero-order chi connectivity index (χ0) is 19.9. The first kappa shape index (κ1) is 22.1. The molecule has 15 nitrogen and oxygen atoms in total. The van der Waals surface area contributed by atoms with Gasteiger partial charge >= 0.3 is 13.6 Å². The largest absolute Gasteiger partial charge is 0.479 e. The molecule has 3 heterocycles. The topological polar surface area (TPSA) is 258 Å². The summed E-state index contributed by atoms with van der Waals surface area (Å²) in [7, 11) is -5.09. The van der Waals surface area contributed by atoms with Crippen molar-refractivity contribution < 1.29 is 43.9 Å². The molecule has 5 atom stereocenters. The lowest BCUT2D eigenvalue weighted by atomic mass is 10.1. The summed E-state index contributed by atoms with van der Waals surface area (Å²) in [6.45, 7) is -0.694.